The van der Waals surface area contributed by atoms with Crippen molar-refractivity contribution in [2.24, 2.45) is 22.9 Å². The van der Waals surface area contributed by atoms with E-state index in [2.05, 4.69) is 18.7 Å². The first-order chi connectivity index (χ1) is 33.2. The molecule has 68 heavy (non-hydrogen) atoms. The van der Waals surface area contributed by atoms with Gasteiger partial charge in [0.25, 0.3) is 5.69 Å². The third-order valence-corrected chi connectivity index (χ3v) is 14.0. The molecule has 366 valence electrons. The van der Waals surface area contributed by atoms with E-state index in [-0.39, 0.29) is 76.0 Å². The maximum atomic E-state index is 15.0. The van der Waals surface area contributed by atoms with Crippen LogP contribution >= 0.6 is 11.8 Å². The first kappa shape index (κ1) is 50.8. The number of hydrogen-bond acceptors (Lipinski definition) is 14. The molecule has 4 aliphatic rings. The fourth-order valence-corrected chi connectivity index (χ4v) is 10.5. The second-order valence-corrected chi connectivity index (χ2v) is 18.4. The number of thioether (sulfide) groups is 1. The van der Waals surface area contributed by atoms with Crippen LogP contribution in [0.2, 0.25) is 0 Å². The fraction of sp³-hybridized carbons (Fsp3) is 0.500. The monoisotopic (exact) mass is 955 g/mol. The van der Waals surface area contributed by atoms with Gasteiger partial charge in [0.2, 0.25) is 18.0 Å². The van der Waals surface area contributed by atoms with Crippen LogP contribution in [-0.4, -0.2) is 114 Å². The Kier molecular flexibility index (Phi) is 18.7. The lowest BCUT2D eigenvalue weighted by atomic mass is 9.55. The van der Waals surface area contributed by atoms with Crippen LogP contribution in [0.3, 0.4) is 0 Å². The minimum absolute atomic E-state index is 0.0128. The van der Waals surface area contributed by atoms with Crippen molar-refractivity contribution in [3.8, 4) is 17.2 Å². The van der Waals surface area contributed by atoms with Gasteiger partial charge < -0.3 is 48.7 Å². The molecule has 3 aromatic carbocycles. The van der Waals surface area contributed by atoms with Gasteiger partial charge in [0.05, 0.1) is 49.6 Å². The number of rotatable bonds is 25. The molecular weight excluding hydrogens is 891 g/mol. The van der Waals surface area contributed by atoms with Gasteiger partial charge >= 0.3 is 0 Å². The molecule has 1 saturated carbocycles. The van der Waals surface area contributed by atoms with Crippen LogP contribution in [0, 0.1) is 27.9 Å². The van der Waals surface area contributed by atoms with Gasteiger partial charge in [0.1, 0.15) is 23.3 Å². The van der Waals surface area contributed by atoms with Crippen LogP contribution in [0.5, 0.6) is 17.2 Å². The molecule has 2 heterocycles. The van der Waals surface area contributed by atoms with Gasteiger partial charge in [-0.25, -0.2) is 0 Å². The zero-order valence-corrected chi connectivity index (χ0v) is 39.6. The molecule has 0 radical (unpaired) electrons. The molecule has 0 aromatic heterocycles. The van der Waals surface area contributed by atoms with E-state index >= 15 is 0 Å². The minimum atomic E-state index is -1.53. The van der Waals surface area contributed by atoms with Gasteiger partial charge in [-0.3, -0.25) is 14.9 Å². The summed E-state index contributed by atoms with van der Waals surface area (Å²) in [5, 5.41) is 46.0. The van der Waals surface area contributed by atoms with E-state index in [0.717, 1.165) is 54.6 Å². The van der Waals surface area contributed by atoms with Crippen molar-refractivity contribution in [3.05, 3.63) is 118 Å². The third kappa shape index (κ3) is 12.2. The van der Waals surface area contributed by atoms with Gasteiger partial charge in [0.15, 0.2) is 0 Å². The lowest BCUT2D eigenvalue weighted by molar-refractivity contribution is -0.384. The zero-order chi connectivity index (χ0) is 47.9. The summed E-state index contributed by atoms with van der Waals surface area (Å²) < 4.78 is 32.9. The SMILES string of the molecule is C=CCOC12Oc3ccc(Oc4ccc(SC)cc4)cc3C3C(CCCCO)C(CCCCO)C=C(C(=NOC4CCCCO4)CC1N(CCOCCO)C(=O)C=Cc1ccc([N+](=O)[O-])cc1)C32. The van der Waals surface area contributed by atoms with Crippen molar-refractivity contribution in [2.45, 2.75) is 93.1 Å². The predicted octanol–water partition coefficient (Wildman–Crippen LogP) is 8.82. The van der Waals surface area contributed by atoms with Gasteiger partial charge in [-0.2, -0.15) is 0 Å². The smallest absolute Gasteiger partial charge is 0.269 e. The van der Waals surface area contributed by atoms with Crippen LogP contribution in [0.15, 0.2) is 107 Å². The number of fused-ring (bicyclic) bond motifs is 2. The van der Waals surface area contributed by atoms with Crippen molar-refractivity contribution >= 4 is 35.1 Å². The molecule has 1 saturated heterocycles. The van der Waals surface area contributed by atoms with Crippen LogP contribution in [0.25, 0.3) is 6.08 Å². The first-order valence-electron chi connectivity index (χ1n) is 23.8. The average molecular weight is 956 g/mol. The minimum Gasteiger partial charge on any atom is -0.459 e. The van der Waals surface area contributed by atoms with Crippen LogP contribution in [-0.2, 0) is 23.8 Å². The van der Waals surface area contributed by atoms with E-state index in [9.17, 15) is 30.2 Å². The summed E-state index contributed by atoms with van der Waals surface area (Å²) >= 11 is 1.65. The Morgan fingerprint density at radius 3 is 2.44 bits per heavy atom. The van der Waals surface area contributed by atoms with Gasteiger partial charge in [-0.1, -0.05) is 30.1 Å². The maximum Gasteiger partial charge on any atom is 0.269 e. The molecule has 2 aliphatic heterocycles. The molecule has 0 bridgehead atoms. The zero-order valence-electron chi connectivity index (χ0n) is 38.8. The highest BCUT2D eigenvalue weighted by Crippen LogP contribution is 2.62. The Balaban J connectivity index is 1.42. The first-order valence-corrected chi connectivity index (χ1v) is 25.1. The van der Waals surface area contributed by atoms with Crippen molar-refractivity contribution in [1.29, 1.82) is 0 Å². The lowest BCUT2D eigenvalue weighted by Gasteiger charge is -2.60. The number of carbonyl (C=O) groups excluding carboxylic acids is 1. The number of aliphatic hydroxyl groups is 3. The summed E-state index contributed by atoms with van der Waals surface area (Å²) in [6, 6.07) is 18.9. The molecule has 7 rings (SSSR count). The van der Waals surface area contributed by atoms with Crippen molar-refractivity contribution in [2.75, 3.05) is 59.0 Å². The molecule has 7 atom stereocenters. The normalized spacial score (nSPS) is 24.6. The average Bonchev–Trinajstić information content (AvgIpc) is 3.36. The van der Waals surface area contributed by atoms with Gasteiger partial charge in [-0.05, 0) is 128 Å². The van der Waals surface area contributed by atoms with Crippen LogP contribution in [0.1, 0.15) is 81.3 Å². The van der Waals surface area contributed by atoms with Crippen molar-refractivity contribution < 1.29 is 53.6 Å². The van der Waals surface area contributed by atoms with E-state index in [1.807, 2.05) is 42.7 Å². The van der Waals surface area contributed by atoms with Crippen LogP contribution in [0.4, 0.5) is 5.69 Å². The standard InChI is InChI=1S/C52H65N3O12S/c1-3-29-64-52-47(54(25-31-62-32-28-58)48(59)24-15-36-13-16-38(17-14-36)55(60)61)35-45(53-67-49-12-6-9-30-63-49)43-33-37(10-4-7-26-56)42(11-5-8-27-57)50(51(43)52)44-34-40(20-23-46(44)66-52)65-39-18-21-41(68-2)22-19-39/h3,13-24,33-34,37,42,47,49-51,56-58H,1,4-12,25-32,35H2,2H3. The summed E-state index contributed by atoms with van der Waals surface area (Å²) in [5.41, 5.74) is 2.94. The fourth-order valence-electron chi connectivity index (χ4n) is 10.1. The number of carbonyl (C=O) groups is 1. The number of amides is 1. The molecule has 16 heteroatoms. The molecule has 0 spiro atoms. The molecular formula is C52H65N3O12S. The highest BCUT2D eigenvalue weighted by molar-refractivity contribution is 7.98. The number of oxime groups is 1. The Morgan fingerprint density at radius 2 is 1.75 bits per heavy atom. The Hall–Kier alpha value is -5.07. The number of unbranched alkanes of at least 4 members (excludes halogenated alkanes) is 2. The third-order valence-electron chi connectivity index (χ3n) is 13.3. The number of nitro benzene ring substituents is 1. The van der Waals surface area contributed by atoms with E-state index in [0.29, 0.717) is 54.4 Å². The van der Waals surface area contributed by atoms with Crippen molar-refractivity contribution in [3.63, 3.8) is 0 Å². The van der Waals surface area contributed by atoms with Crippen LogP contribution < -0.4 is 9.47 Å². The second-order valence-electron chi connectivity index (χ2n) is 17.5. The predicted molar refractivity (Wildman–Crippen MR) is 260 cm³/mol. The molecule has 7 unspecified atom stereocenters. The summed E-state index contributed by atoms with van der Waals surface area (Å²) in [4.78, 5) is 35.0. The Labute approximate surface area is 402 Å². The summed E-state index contributed by atoms with van der Waals surface area (Å²) in [6.07, 6.45) is 15.5. The van der Waals surface area contributed by atoms with Gasteiger partial charge in [0, 0.05) is 67.2 Å². The quantitative estimate of drug-likeness (QED) is 0.0182. The number of nitrogens with zero attached hydrogens (tertiary/aromatic N) is 3. The number of aliphatic hydroxyl groups excluding tert-OH is 3. The number of nitro groups is 1. The Morgan fingerprint density at radius 1 is 0.985 bits per heavy atom. The topological polar surface area (TPSA) is 192 Å². The molecule has 2 aliphatic carbocycles. The summed E-state index contributed by atoms with van der Waals surface area (Å²) in [5.74, 6) is -0.906. The maximum absolute atomic E-state index is 15.0. The van der Waals surface area contributed by atoms with E-state index in [1.54, 1.807) is 40.9 Å². The van der Waals surface area contributed by atoms with E-state index < -0.39 is 34.9 Å². The summed E-state index contributed by atoms with van der Waals surface area (Å²) in [6.45, 7) is 4.81. The molecule has 15 nitrogen and oxygen atoms in total. The number of benzene rings is 3. The number of non-ortho nitro benzene ring substituents is 1. The Bertz CT molecular complexity index is 2230. The lowest BCUT2D eigenvalue weighted by Crippen LogP contribution is -2.70. The van der Waals surface area contributed by atoms with E-state index in [4.69, 9.17) is 33.7 Å². The number of ether oxygens (including phenoxy) is 5. The number of hydrogen-bond donors (Lipinski definition) is 3. The van der Waals surface area contributed by atoms with Crippen molar-refractivity contribution in [1.82, 2.24) is 4.90 Å². The van der Waals surface area contributed by atoms with Gasteiger partial charge in [-0.15, -0.1) is 18.3 Å². The molecule has 3 aromatic rings. The summed E-state index contributed by atoms with van der Waals surface area (Å²) in [7, 11) is 0. The van der Waals surface area contributed by atoms with E-state index in [1.165, 1.54) is 18.2 Å². The highest BCUT2D eigenvalue weighted by atomic mass is 32.2. The number of allylic oxidation sites excluding steroid dienone is 1. The largest absolute Gasteiger partial charge is 0.459 e. The molecule has 3 N–H and O–H groups in total. The molecule has 1 amide bonds. The second kappa shape index (κ2) is 25.0. The highest BCUT2D eigenvalue weighted by Gasteiger charge is 2.65. The molecule has 2 fully saturated rings.